The van der Waals surface area contributed by atoms with Gasteiger partial charge in [-0.1, -0.05) is 6.42 Å². The molecule has 0 bridgehead atoms. The summed E-state index contributed by atoms with van der Waals surface area (Å²) in [5.74, 6) is 0.0701. The SMILES string of the molecule is CCn1nc(C)c(NC(=O)CN2CCCCC2CN2CCOCC2)c1C. The van der Waals surface area contributed by atoms with Crippen molar-refractivity contribution >= 4 is 11.6 Å². The monoisotopic (exact) mass is 363 g/mol. The first-order valence-electron chi connectivity index (χ1n) is 9.96. The standard InChI is InChI=1S/C19H33N5O2/c1-4-24-16(3)19(15(2)21-24)20-18(25)14-23-8-6-5-7-17(23)13-22-9-11-26-12-10-22/h17H,4-14H2,1-3H3,(H,20,25). The van der Waals surface area contributed by atoms with E-state index in [-0.39, 0.29) is 5.91 Å². The number of carbonyl (C=O) groups excluding carboxylic acids is 1. The highest BCUT2D eigenvalue weighted by Crippen LogP contribution is 2.21. The lowest BCUT2D eigenvalue weighted by Crippen LogP contribution is -2.51. The average Bonchev–Trinajstić information content (AvgIpc) is 2.92. The third-order valence-corrected chi connectivity index (χ3v) is 5.61. The molecule has 0 aliphatic carbocycles. The number of piperidine rings is 1. The number of ether oxygens (including phenoxy) is 1. The van der Waals surface area contributed by atoms with E-state index < -0.39 is 0 Å². The predicted octanol–water partition coefficient (Wildman–Crippen LogP) is 1.65. The molecule has 0 saturated carbocycles. The average molecular weight is 364 g/mol. The number of anilines is 1. The number of nitrogens with one attached hydrogen (secondary N) is 1. The number of likely N-dealkylation sites (tertiary alicyclic amines) is 1. The number of aromatic nitrogens is 2. The maximum Gasteiger partial charge on any atom is 0.238 e. The number of hydrogen-bond donors (Lipinski definition) is 1. The van der Waals surface area contributed by atoms with Gasteiger partial charge < -0.3 is 10.1 Å². The van der Waals surface area contributed by atoms with Crippen LogP contribution in [0.4, 0.5) is 5.69 Å². The van der Waals surface area contributed by atoms with Crippen LogP contribution in [0.3, 0.4) is 0 Å². The quantitative estimate of drug-likeness (QED) is 0.833. The van der Waals surface area contributed by atoms with Crippen LogP contribution in [0.25, 0.3) is 0 Å². The van der Waals surface area contributed by atoms with Crippen LogP contribution in [0.2, 0.25) is 0 Å². The van der Waals surface area contributed by atoms with Crippen molar-refractivity contribution in [1.29, 1.82) is 0 Å². The van der Waals surface area contributed by atoms with Crippen LogP contribution in [-0.4, -0.2) is 77.5 Å². The van der Waals surface area contributed by atoms with Crippen LogP contribution in [0.1, 0.15) is 37.6 Å². The topological polar surface area (TPSA) is 62.6 Å². The van der Waals surface area contributed by atoms with E-state index in [1.54, 1.807) is 0 Å². The predicted molar refractivity (Wildman–Crippen MR) is 102 cm³/mol. The Morgan fingerprint density at radius 2 is 2.00 bits per heavy atom. The van der Waals surface area contributed by atoms with Crippen molar-refractivity contribution in [2.24, 2.45) is 0 Å². The van der Waals surface area contributed by atoms with E-state index in [2.05, 4.69) is 27.1 Å². The fourth-order valence-corrected chi connectivity index (χ4v) is 4.11. The Labute approximate surface area is 156 Å². The normalized spacial score (nSPS) is 22.5. The van der Waals surface area contributed by atoms with Gasteiger partial charge in [0.2, 0.25) is 5.91 Å². The lowest BCUT2D eigenvalue weighted by Gasteiger charge is -2.39. The molecule has 7 nitrogen and oxygen atoms in total. The Morgan fingerprint density at radius 1 is 1.23 bits per heavy atom. The van der Waals surface area contributed by atoms with Gasteiger partial charge in [-0.2, -0.15) is 5.10 Å². The van der Waals surface area contributed by atoms with Crippen LogP contribution in [0.5, 0.6) is 0 Å². The van der Waals surface area contributed by atoms with Crippen LogP contribution in [-0.2, 0) is 16.1 Å². The number of morpholine rings is 1. The number of carbonyl (C=O) groups is 1. The summed E-state index contributed by atoms with van der Waals surface area (Å²) in [5.41, 5.74) is 2.79. The van der Waals surface area contributed by atoms with Gasteiger partial charge in [0, 0.05) is 32.2 Å². The van der Waals surface area contributed by atoms with Crippen molar-refractivity contribution in [3.05, 3.63) is 11.4 Å². The lowest BCUT2D eigenvalue weighted by atomic mass is 10.0. The lowest BCUT2D eigenvalue weighted by molar-refractivity contribution is -0.118. The van der Waals surface area contributed by atoms with Crippen molar-refractivity contribution in [3.8, 4) is 0 Å². The van der Waals surface area contributed by atoms with E-state index in [1.807, 2.05) is 18.5 Å². The fourth-order valence-electron chi connectivity index (χ4n) is 4.11. The molecule has 1 amide bonds. The molecular formula is C19H33N5O2. The van der Waals surface area contributed by atoms with Gasteiger partial charge in [0.15, 0.2) is 0 Å². The molecule has 0 radical (unpaired) electrons. The second kappa shape index (κ2) is 8.97. The molecule has 2 aliphatic heterocycles. The molecule has 1 unspecified atom stereocenters. The fraction of sp³-hybridized carbons (Fsp3) is 0.789. The molecule has 7 heteroatoms. The Kier molecular flexibility index (Phi) is 6.67. The zero-order valence-electron chi connectivity index (χ0n) is 16.5. The van der Waals surface area contributed by atoms with E-state index in [0.29, 0.717) is 12.6 Å². The Balaban J connectivity index is 1.58. The summed E-state index contributed by atoms with van der Waals surface area (Å²) in [5, 5.41) is 7.60. The largest absolute Gasteiger partial charge is 0.379 e. The van der Waals surface area contributed by atoms with Crippen LogP contribution in [0, 0.1) is 13.8 Å². The van der Waals surface area contributed by atoms with E-state index in [9.17, 15) is 4.79 Å². The molecule has 2 fully saturated rings. The smallest absolute Gasteiger partial charge is 0.238 e. The molecule has 1 aromatic rings. The summed E-state index contributed by atoms with van der Waals surface area (Å²) in [4.78, 5) is 17.5. The third-order valence-electron chi connectivity index (χ3n) is 5.61. The second-order valence-corrected chi connectivity index (χ2v) is 7.44. The van der Waals surface area contributed by atoms with Crippen molar-refractivity contribution in [2.45, 2.75) is 52.6 Å². The van der Waals surface area contributed by atoms with Gasteiger partial charge >= 0.3 is 0 Å². The van der Waals surface area contributed by atoms with E-state index in [0.717, 1.165) is 63.0 Å². The Hall–Kier alpha value is -1.44. The molecule has 1 N–H and O–H groups in total. The first-order valence-corrected chi connectivity index (χ1v) is 9.96. The third kappa shape index (κ3) is 4.64. The number of nitrogens with zero attached hydrogens (tertiary/aromatic N) is 4. The van der Waals surface area contributed by atoms with Crippen LogP contribution < -0.4 is 5.32 Å². The molecule has 0 aromatic carbocycles. The van der Waals surface area contributed by atoms with Gasteiger partial charge in [-0.25, -0.2) is 0 Å². The zero-order chi connectivity index (χ0) is 18.5. The van der Waals surface area contributed by atoms with Crippen molar-refractivity contribution in [3.63, 3.8) is 0 Å². The second-order valence-electron chi connectivity index (χ2n) is 7.44. The molecule has 0 spiro atoms. The van der Waals surface area contributed by atoms with Gasteiger partial charge in [0.1, 0.15) is 0 Å². The summed E-state index contributed by atoms with van der Waals surface area (Å²) in [6.45, 7) is 13.0. The van der Waals surface area contributed by atoms with Crippen molar-refractivity contribution in [1.82, 2.24) is 19.6 Å². The first kappa shape index (κ1) is 19.3. The van der Waals surface area contributed by atoms with Gasteiger partial charge in [0.05, 0.1) is 36.8 Å². The first-order chi connectivity index (χ1) is 12.6. The number of rotatable bonds is 6. The summed E-state index contributed by atoms with van der Waals surface area (Å²) < 4.78 is 7.39. The van der Waals surface area contributed by atoms with E-state index in [1.165, 1.54) is 19.3 Å². The molecule has 146 valence electrons. The summed E-state index contributed by atoms with van der Waals surface area (Å²) >= 11 is 0. The molecule has 1 aromatic heterocycles. The highest BCUT2D eigenvalue weighted by Gasteiger charge is 2.27. The molecule has 3 heterocycles. The minimum Gasteiger partial charge on any atom is -0.379 e. The number of amides is 1. The summed E-state index contributed by atoms with van der Waals surface area (Å²) in [6.07, 6.45) is 3.61. The zero-order valence-corrected chi connectivity index (χ0v) is 16.5. The molecule has 26 heavy (non-hydrogen) atoms. The minimum absolute atomic E-state index is 0.0701. The Morgan fingerprint density at radius 3 is 2.69 bits per heavy atom. The summed E-state index contributed by atoms with van der Waals surface area (Å²) in [6, 6.07) is 0.466. The van der Waals surface area contributed by atoms with Gasteiger partial charge in [-0.05, 0) is 40.2 Å². The van der Waals surface area contributed by atoms with Crippen LogP contribution in [0.15, 0.2) is 0 Å². The molecule has 1 atom stereocenters. The number of aryl methyl sites for hydroxylation is 2. The molecular weight excluding hydrogens is 330 g/mol. The summed E-state index contributed by atoms with van der Waals surface area (Å²) in [7, 11) is 0. The molecule has 2 saturated heterocycles. The van der Waals surface area contributed by atoms with E-state index >= 15 is 0 Å². The van der Waals surface area contributed by atoms with Crippen LogP contribution >= 0.6 is 0 Å². The van der Waals surface area contributed by atoms with Gasteiger partial charge in [0.25, 0.3) is 0 Å². The van der Waals surface area contributed by atoms with E-state index in [4.69, 9.17) is 4.74 Å². The maximum absolute atomic E-state index is 12.7. The maximum atomic E-state index is 12.7. The highest BCUT2D eigenvalue weighted by molar-refractivity contribution is 5.93. The van der Waals surface area contributed by atoms with Gasteiger partial charge in [-0.15, -0.1) is 0 Å². The van der Waals surface area contributed by atoms with Crippen molar-refractivity contribution in [2.75, 3.05) is 51.3 Å². The highest BCUT2D eigenvalue weighted by atomic mass is 16.5. The van der Waals surface area contributed by atoms with Gasteiger partial charge in [-0.3, -0.25) is 19.3 Å². The molecule has 3 rings (SSSR count). The molecule has 2 aliphatic rings. The minimum atomic E-state index is 0.0701. The Bertz CT molecular complexity index is 609. The van der Waals surface area contributed by atoms with Crippen molar-refractivity contribution < 1.29 is 9.53 Å². The number of hydrogen-bond acceptors (Lipinski definition) is 5.